The first-order valence-electron chi connectivity index (χ1n) is 15.4. The Kier molecular flexibility index (Phi) is 12.3. The predicted molar refractivity (Wildman–Crippen MR) is 153 cm³/mol. The number of hydrogen-bond acceptors (Lipinski definition) is 8. The van der Waals surface area contributed by atoms with E-state index in [9.17, 15) is 45.5 Å². The van der Waals surface area contributed by atoms with Crippen LogP contribution in [0.1, 0.15) is 110 Å². The van der Waals surface area contributed by atoms with Gasteiger partial charge < -0.3 is 19.7 Å². The van der Waals surface area contributed by atoms with Gasteiger partial charge in [0.25, 0.3) is 0 Å². The average molecular weight is 697 g/mol. The van der Waals surface area contributed by atoms with Crippen molar-refractivity contribution in [3.8, 4) is 0 Å². The van der Waals surface area contributed by atoms with Crippen LogP contribution < -0.4 is 0 Å². The summed E-state index contributed by atoms with van der Waals surface area (Å²) in [6, 6.07) is -1.20. The van der Waals surface area contributed by atoms with Gasteiger partial charge in [0.2, 0.25) is 0 Å². The fourth-order valence-electron chi connectivity index (χ4n) is 6.53. The van der Waals surface area contributed by atoms with Gasteiger partial charge in [-0.25, -0.2) is 9.59 Å². The highest BCUT2D eigenvalue weighted by Crippen LogP contribution is 2.42. The molecule has 18 heteroatoms. The van der Waals surface area contributed by atoms with Gasteiger partial charge in [-0.15, -0.1) is 0 Å². The molecular weight excluding hydrogens is 658 g/mol. The van der Waals surface area contributed by atoms with Crippen LogP contribution in [0.25, 0.3) is 0 Å². The summed E-state index contributed by atoms with van der Waals surface area (Å²) in [5, 5.41) is 25.2. The molecular formula is C30H38F6N4O8. The largest absolute Gasteiger partial charge is 0.478 e. The van der Waals surface area contributed by atoms with Crippen LogP contribution >= 0.6 is 0 Å². The highest BCUT2D eigenvalue weighted by atomic mass is 19.4. The molecule has 2 aromatic rings. The molecule has 2 aromatic heterocycles. The number of carboxylic acids is 2. The van der Waals surface area contributed by atoms with Crippen molar-refractivity contribution in [2.24, 2.45) is 23.7 Å². The summed E-state index contributed by atoms with van der Waals surface area (Å²) in [7, 11) is 0. The van der Waals surface area contributed by atoms with Crippen LogP contribution in [0.2, 0.25) is 0 Å². The van der Waals surface area contributed by atoms with E-state index in [0.717, 1.165) is 21.8 Å². The van der Waals surface area contributed by atoms with E-state index in [4.69, 9.17) is 19.7 Å². The number of rotatable bonds is 8. The molecule has 0 aromatic carbocycles. The van der Waals surface area contributed by atoms with Gasteiger partial charge in [-0.1, -0.05) is 13.8 Å². The van der Waals surface area contributed by atoms with Gasteiger partial charge in [0.1, 0.15) is 11.1 Å². The van der Waals surface area contributed by atoms with Gasteiger partial charge in [0.15, 0.2) is 11.4 Å². The van der Waals surface area contributed by atoms with Crippen molar-refractivity contribution in [2.45, 2.75) is 90.7 Å². The van der Waals surface area contributed by atoms with Gasteiger partial charge in [-0.2, -0.15) is 36.5 Å². The van der Waals surface area contributed by atoms with Crippen LogP contribution in [-0.4, -0.2) is 66.9 Å². The summed E-state index contributed by atoms with van der Waals surface area (Å²) < 4.78 is 91.0. The third-order valence-corrected chi connectivity index (χ3v) is 8.74. The van der Waals surface area contributed by atoms with E-state index >= 15 is 0 Å². The van der Waals surface area contributed by atoms with Crippen LogP contribution in [0.5, 0.6) is 0 Å². The Morgan fingerprint density at radius 3 is 1.29 bits per heavy atom. The Labute approximate surface area is 271 Å². The van der Waals surface area contributed by atoms with Crippen LogP contribution in [0, 0.1) is 23.7 Å². The summed E-state index contributed by atoms with van der Waals surface area (Å²) in [6.07, 6.45) is -6.21. The number of aromatic nitrogens is 4. The number of aromatic carboxylic acids is 2. The number of ether oxygens (including phenoxy) is 2. The Bertz CT molecular complexity index is 1360. The summed E-state index contributed by atoms with van der Waals surface area (Å²) in [5.41, 5.74) is -4.21. The number of hydrogen-bond donors (Lipinski definition) is 2. The lowest BCUT2D eigenvalue weighted by Crippen LogP contribution is -2.33. The number of carboxylic acid groups (broad SMARTS) is 2. The molecule has 2 aliphatic rings. The Morgan fingerprint density at radius 2 is 1.04 bits per heavy atom. The SMILES string of the molecule is CCOC(=O)[C@@H]1CC[C@@H](n2ncc(C(=O)O)c2C(F)(F)F)C[C@H]1C.CCOC(=O)[C@H]1CC[C@H](n2ncc(C(=O)O)c2C(F)(F)F)C[C@@H]1C. The molecule has 48 heavy (non-hydrogen) atoms. The number of alkyl halides is 6. The van der Waals surface area contributed by atoms with Crippen LogP contribution in [0.3, 0.4) is 0 Å². The van der Waals surface area contributed by atoms with E-state index in [1.54, 1.807) is 27.7 Å². The molecule has 2 saturated carbocycles. The fourth-order valence-corrected chi connectivity index (χ4v) is 6.53. The van der Waals surface area contributed by atoms with E-state index in [2.05, 4.69) is 10.2 Å². The Balaban J connectivity index is 0.000000260. The second kappa shape index (κ2) is 15.4. The van der Waals surface area contributed by atoms with Gasteiger partial charge in [0, 0.05) is 0 Å². The van der Waals surface area contributed by atoms with E-state index in [-0.39, 0.29) is 48.8 Å². The van der Waals surface area contributed by atoms with Crippen molar-refractivity contribution in [1.82, 2.24) is 19.6 Å². The van der Waals surface area contributed by atoms with Gasteiger partial charge in [0.05, 0.1) is 49.5 Å². The molecule has 0 aliphatic heterocycles. The molecule has 12 nitrogen and oxygen atoms in total. The molecule has 0 radical (unpaired) electrons. The Morgan fingerprint density at radius 1 is 0.708 bits per heavy atom. The smallest absolute Gasteiger partial charge is 0.433 e. The first kappa shape index (κ1) is 38.3. The summed E-state index contributed by atoms with van der Waals surface area (Å²) >= 11 is 0. The number of halogens is 6. The molecule has 0 spiro atoms. The normalized spacial score (nSPS) is 24.6. The second-order valence-electron chi connectivity index (χ2n) is 11.9. The zero-order valence-corrected chi connectivity index (χ0v) is 26.7. The molecule has 6 atom stereocenters. The first-order chi connectivity index (χ1) is 22.3. The zero-order valence-electron chi connectivity index (χ0n) is 26.7. The van der Waals surface area contributed by atoms with Gasteiger partial charge in [-0.05, 0) is 64.2 Å². The first-order valence-corrected chi connectivity index (χ1v) is 15.4. The molecule has 0 bridgehead atoms. The molecule has 2 fully saturated rings. The van der Waals surface area contributed by atoms with Gasteiger partial charge >= 0.3 is 36.2 Å². The summed E-state index contributed by atoms with van der Waals surface area (Å²) in [4.78, 5) is 45.8. The molecule has 0 amide bonds. The van der Waals surface area contributed by atoms with E-state index in [1.165, 1.54) is 0 Å². The average Bonchev–Trinajstić information content (AvgIpc) is 3.64. The van der Waals surface area contributed by atoms with Crippen LogP contribution in [0.4, 0.5) is 26.3 Å². The van der Waals surface area contributed by atoms with Gasteiger partial charge in [-0.3, -0.25) is 19.0 Å². The van der Waals surface area contributed by atoms with Crippen molar-refractivity contribution in [2.75, 3.05) is 13.2 Å². The van der Waals surface area contributed by atoms with Crippen LogP contribution in [0.15, 0.2) is 12.4 Å². The van der Waals surface area contributed by atoms with Crippen molar-refractivity contribution in [3.63, 3.8) is 0 Å². The Hall–Kier alpha value is -4.12. The number of esters is 2. The number of carbonyl (C=O) groups excluding carboxylic acids is 2. The molecule has 2 aliphatic carbocycles. The molecule has 0 unspecified atom stereocenters. The van der Waals surface area contributed by atoms with E-state index in [1.807, 2.05) is 0 Å². The molecule has 0 saturated heterocycles. The minimum atomic E-state index is -4.81. The monoisotopic (exact) mass is 696 g/mol. The predicted octanol–water partition coefficient (Wildman–Crippen LogP) is 6.28. The van der Waals surface area contributed by atoms with Crippen molar-refractivity contribution in [1.29, 1.82) is 0 Å². The standard InChI is InChI=1S/2C15H19F3N2O4/c2*1-3-24-14(23)10-5-4-9(6-8(10)2)20-12(15(16,17)18)11(7-19-20)13(21)22/h2*7-10H,3-6H2,1-2H3,(H,21,22)/t2*8-,9-,10-/m10/s1. The minimum absolute atomic E-state index is 0.179. The van der Waals surface area contributed by atoms with Crippen molar-refractivity contribution < 1.29 is 65.2 Å². The van der Waals surface area contributed by atoms with E-state index < -0.39 is 58.9 Å². The second-order valence-corrected chi connectivity index (χ2v) is 11.9. The molecule has 2 heterocycles. The summed E-state index contributed by atoms with van der Waals surface area (Å²) in [6.45, 7) is 7.46. The highest BCUT2D eigenvalue weighted by molar-refractivity contribution is 5.89. The highest BCUT2D eigenvalue weighted by Gasteiger charge is 2.45. The van der Waals surface area contributed by atoms with Crippen molar-refractivity contribution >= 4 is 23.9 Å². The van der Waals surface area contributed by atoms with E-state index in [0.29, 0.717) is 38.5 Å². The topological polar surface area (TPSA) is 163 Å². The molecule has 2 N–H and O–H groups in total. The number of nitrogens with zero attached hydrogens (tertiary/aromatic N) is 4. The third kappa shape index (κ3) is 8.66. The third-order valence-electron chi connectivity index (χ3n) is 8.74. The lowest BCUT2D eigenvalue weighted by atomic mass is 9.78. The quantitative estimate of drug-likeness (QED) is 0.237. The fraction of sp³-hybridized carbons (Fsp3) is 0.667. The van der Waals surface area contributed by atoms with Crippen LogP contribution in [-0.2, 0) is 31.4 Å². The lowest BCUT2D eigenvalue weighted by Gasteiger charge is -2.33. The number of carbonyl (C=O) groups is 4. The summed E-state index contributed by atoms with van der Waals surface area (Å²) in [5.74, 6) is -5.08. The molecule has 268 valence electrons. The minimum Gasteiger partial charge on any atom is -0.478 e. The molecule has 4 rings (SSSR count). The zero-order chi connectivity index (χ0) is 36.1. The maximum absolute atomic E-state index is 13.3. The lowest BCUT2D eigenvalue weighted by molar-refractivity contribution is -0.153. The van der Waals surface area contributed by atoms with Crippen molar-refractivity contribution in [3.05, 3.63) is 34.9 Å². The maximum Gasteiger partial charge on any atom is 0.433 e. The maximum atomic E-state index is 13.3.